The fraction of sp³-hybridized carbons (Fsp3) is 1.00. The van der Waals surface area contributed by atoms with Crippen LogP contribution in [0.4, 0.5) is 0 Å². The molecule has 3 N–H and O–H groups in total. The Morgan fingerprint density at radius 2 is 1.82 bits per heavy atom. The van der Waals surface area contributed by atoms with Crippen LogP contribution in [0.5, 0.6) is 0 Å². The fourth-order valence-corrected chi connectivity index (χ4v) is 3.71. The van der Waals surface area contributed by atoms with Gasteiger partial charge in [-0.25, -0.2) is 0 Å². The average Bonchev–Trinajstić information content (AvgIpc) is 2.76. The predicted molar refractivity (Wildman–Crippen MR) is 64.8 cm³/mol. The van der Waals surface area contributed by atoms with Crippen LogP contribution in [0.1, 0.15) is 25.7 Å². The van der Waals surface area contributed by atoms with Gasteiger partial charge in [-0.1, -0.05) is 12.8 Å². The van der Waals surface area contributed by atoms with Crippen molar-refractivity contribution in [1.82, 2.24) is 14.3 Å². The molecule has 1 saturated heterocycles. The number of aliphatic hydroxyl groups is 1. The first kappa shape index (κ1) is 13.2. The van der Waals surface area contributed by atoms with Crippen LogP contribution in [0, 0.1) is 0 Å². The van der Waals surface area contributed by atoms with Crippen molar-refractivity contribution in [1.29, 1.82) is 0 Å². The minimum Gasteiger partial charge on any atom is -0.389 e. The lowest BCUT2D eigenvalue weighted by Crippen LogP contribution is -2.52. The smallest absolute Gasteiger partial charge is 0.279 e. The maximum Gasteiger partial charge on any atom is 0.279 e. The second kappa shape index (κ2) is 5.19. The van der Waals surface area contributed by atoms with Crippen LogP contribution in [0.25, 0.3) is 0 Å². The summed E-state index contributed by atoms with van der Waals surface area (Å²) in [6, 6.07) is 0. The molecule has 2 fully saturated rings. The minimum absolute atomic E-state index is 0.138. The Morgan fingerprint density at radius 3 is 2.41 bits per heavy atom. The highest BCUT2D eigenvalue weighted by molar-refractivity contribution is 7.87. The molecule has 0 atom stereocenters. The molecule has 2 rings (SSSR count). The molecule has 1 saturated carbocycles. The molecule has 6 nitrogen and oxygen atoms in total. The van der Waals surface area contributed by atoms with Crippen molar-refractivity contribution >= 4 is 10.2 Å². The molecule has 17 heavy (non-hydrogen) atoms. The van der Waals surface area contributed by atoms with E-state index in [4.69, 9.17) is 0 Å². The summed E-state index contributed by atoms with van der Waals surface area (Å²) >= 11 is 0. The van der Waals surface area contributed by atoms with Gasteiger partial charge in [-0.15, -0.1) is 0 Å². The van der Waals surface area contributed by atoms with Gasteiger partial charge in [-0.3, -0.25) is 0 Å². The molecule has 0 spiro atoms. The van der Waals surface area contributed by atoms with Gasteiger partial charge in [-0.2, -0.15) is 17.4 Å². The second-order valence-electron chi connectivity index (χ2n) is 4.91. The summed E-state index contributed by atoms with van der Waals surface area (Å²) in [5, 5.41) is 13.2. The first-order valence-corrected chi connectivity index (χ1v) is 7.64. The molecule has 0 aromatic carbocycles. The molecule has 1 aliphatic heterocycles. The van der Waals surface area contributed by atoms with Crippen molar-refractivity contribution in [2.75, 3.05) is 32.7 Å². The van der Waals surface area contributed by atoms with Gasteiger partial charge in [-0.05, 0) is 12.8 Å². The summed E-state index contributed by atoms with van der Waals surface area (Å²) in [5.41, 5.74) is -0.832. The molecule has 0 radical (unpaired) electrons. The van der Waals surface area contributed by atoms with Gasteiger partial charge >= 0.3 is 0 Å². The highest BCUT2D eigenvalue weighted by Gasteiger charge is 2.33. The molecule has 1 aliphatic carbocycles. The van der Waals surface area contributed by atoms with Crippen LogP contribution in [0.15, 0.2) is 0 Å². The molecule has 2 aliphatic rings. The zero-order chi connectivity index (χ0) is 12.4. The monoisotopic (exact) mass is 263 g/mol. The molecule has 0 amide bonds. The Hall–Kier alpha value is -0.210. The second-order valence-corrected chi connectivity index (χ2v) is 6.66. The molecule has 0 unspecified atom stereocenters. The number of nitrogens with one attached hydrogen (secondary N) is 2. The Labute approximate surface area is 103 Å². The van der Waals surface area contributed by atoms with E-state index in [1.807, 2.05) is 0 Å². The van der Waals surface area contributed by atoms with E-state index in [9.17, 15) is 13.5 Å². The van der Waals surface area contributed by atoms with Crippen LogP contribution in [-0.2, 0) is 10.2 Å². The fourth-order valence-electron chi connectivity index (χ4n) is 2.41. The van der Waals surface area contributed by atoms with E-state index < -0.39 is 15.8 Å². The van der Waals surface area contributed by atoms with Gasteiger partial charge in [0.05, 0.1) is 5.60 Å². The van der Waals surface area contributed by atoms with Crippen molar-refractivity contribution in [3.05, 3.63) is 0 Å². The van der Waals surface area contributed by atoms with Crippen molar-refractivity contribution < 1.29 is 13.5 Å². The van der Waals surface area contributed by atoms with Crippen molar-refractivity contribution in [3.8, 4) is 0 Å². The lowest BCUT2D eigenvalue weighted by Gasteiger charge is -2.29. The topological polar surface area (TPSA) is 81.7 Å². The SMILES string of the molecule is O=S(=O)(NCC1(O)CCCC1)N1CCNCC1. The van der Waals surface area contributed by atoms with Crippen LogP contribution in [0.3, 0.4) is 0 Å². The average molecular weight is 263 g/mol. The zero-order valence-electron chi connectivity index (χ0n) is 9.98. The van der Waals surface area contributed by atoms with Crippen molar-refractivity contribution in [3.63, 3.8) is 0 Å². The van der Waals surface area contributed by atoms with Crippen LogP contribution in [-0.4, -0.2) is 56.2 Å². The summed E-state index contributed by atoms with van der Waals surface area (Å²) in [5.74, 6) is 0. The highest BCUT2D eigenvalue weighted by atomic mass is 32.2. The summed E-state index contributed by atoms with van der Waals surface area (Å²) < 4.78 is 27.9. The van der Waals surface area contributed by atoms with E-state index in [1.165, 1.54) is 4.31 Å². The van der Waals surface area contributed by atoms with E-state index in [2.05, 4.69) is 10.0 Å². The number of piperazine rings is 1. The van der Waals surface area contributed by atoms with Crippen LogP contribution in [0.2, 0.25) is 0 Å². The van der Waals surface area contributed by atoms with Gasteiger partial charge in [0.1, 0.15) is 0 Å². The molecule has 0 aromatic rings. The Morgan fingerprint density at radius 1 is 1.24 bits per heavy atom. The third-order valence-corrected chi connectivity index (χ3v) is 5.09. The first-order chi connectivity index (χ1) is 8.02. The number of hydrogen-bond acceptors (Lipinski definition) is 4. The Balaban J connectivity index is 1.88. The van der Waals surface area contributed by atoms with Crippen molar-refractivity contribution in [2.45, 2.75) is 31.3 Å². The third kappa shape index (κ3) is 3.38. The highest BCUT2D eigenvalue weighted by Crippen LogP contribution is 2.28. The molecular weight excluding hydrogens is 242 g/mol. The summed E-state index contributed by atoms with van der Waals surface area (Å²) in [7, 11) is -3.43. The third-order valence-electron chi connectivity index (χ3n) is 3.53. The van der Waals surface area contributed by atoms with E-state index >= 15 is 0 Å². The van der Waals surface area contributed by atoms with Gasteiger partial charge in [0.15, 0.2) is 0 Å². The van der Waals surface area contributed by atoms with Gasteiger partial charge < -0.3 is 10.4 Å². The molecule has 7 heteroatoms. The molecule has 0 aromatic heterocycles. The molecule has 0 bridgehead atoms. The van der Waals surface area contributed by atoms with E-state index in [0.29, 0.717) is 39.0 Å². The van der Waals surface area contributed by atoms with Crippen LogP contribution >= 0.6 is 0 Å². The summed E-state index contributed by atoms with van der Waals surface area (Å²) in [6.07, 6.45) is 3.34. The largest absolute Gasteiger partial charge is 0.389 e. The van der Waals surface area contributed by atoms with E-state index in [0.717, 1.165) is 12.8 Å². The van der Waals surface area contributed by atoms with E-state index in [-0.39, 0.29) is 6.54 Å². The Kier molecular flexibility index (Phi) is 4.04. The van der Waals surface area contributed by atoms with Gasteiger partial charge in [0.2, 0.25) is 0 Å². The molecular formula is C10H21N3O3S. The maximum absolute atomic E-state index is 12.0. The molecule has 100 valence electrons. The van der Waals surface area contributed by atoms with Crippen LogP contribution < -0.4 is 10.0 Å². The summed E-state index contributed by atoms with van der Waals surface area (Å²) in [6.45, 7) is 2.50. The number of rotatable bonds is 4. The standard InChI is InChI=1S/C10H21N3O3S/c14-10(3-1-2-4-10)9-12-17(15,16)13-7-5-11-6-8-13/h11-12,14H,1-9H2. The number of hydrogen-bond donors (Lipinski definition) is 3. The summed E-state index contributed by atoms with van der Waals surface area (Å²) in [4.78, 5) is 0. The predicted octanol–water partition coefficient (Wildman–Crippen LogP) is -0.969. The maximum atomic E-state index is 12.0. The Bertz CT molecular complexity index is 346. The quantitative estimate of drug-likeness (QED) is 0.609. The van der Waals surface area contributed by atoms with Gasteiger partial charge in [0.25, 0.3) is 10.2 Å². The zero-order valence-corrected chi connectivity index (χ0v) is 10.8. The minimum atomic E-state index is -3.43. The molecule has 1 heterocycles. The number of nitrogens with zero attached hydrogens (tertiary/aromatic N) is 1. The first-order valence-electron chi connectivity index (χ1n) is 6.20. The lowest BCUT2D eigenvalue weighted by molar-refractivity contribution is 0.0527. The normalized spacial score (nSPS) is 26.2. The van der Waals surface area contributed by atoms with Gasteiger partial charge in [0, 0.05) is 32.7 Å². The van der Waals surface area contributed by atoms with Crippen molar-refractivity contribution in [2.24, 2.45) is 0 Å². The lowest BCUT2D eigenvalue weighted by atomic mass is 10.0. The van der Waals surface area contributed by atoms with E-state index in [1.54, 1.807) is 0 Å².